The lowest BCUT2D eigenvalue weighted by molar-refractivity contribution is 0.254. The van der Waals surface area contributed by atoms with Gasteiger partial charge in [0.25, 0.3) is 5.89 Å². The summed E-state index contributed by atoms with van der Waals surface area (Å²) in [5, 5.41) is 9.26. The van der Waals surface area contributed by atoms with Crippen LogP contribution in [-0.4, -0.2) is 42.6 Å². The van der Waals surface area contributed by atoms with Crippen molar-refractivity contribution < 1.29 is 8.83 Å². The van der Waals surface area contributed by atoms with E-state index in [1.807, 2.05) is 0 Å². The number of nitriles is 1. The highest BCUT2D eigenvalue weighted by Crippen LogP contribution is 2.28. The van der Waals surface area contributed by atoms with E-state index in [0.717, 1.165) is 39.1 Å². The third-order valence-electron chi connectivity index (χ3n) is 3.65. The van der Waals surface area contributed by atoms with Gasteiger partial charge in [-0.25, -0.2) is 0 Å². The fraction of sp³-hybridized carbons (Fsp3) is 0.467. The minimum absolute atomic E-state index is 0.324. The Bertz CT molecular complexity index is 619. The first kappa shape index (κ1) is 13.7. The number of aromatic nitrogens is 1. The van der Waals surface area contributed by atoms with Crippen molar-refractivity contribution in [2.75, 3.05) is 37.6 Å². The van der Waals surface area contributed by atoms with Crippen molar-refractivity contribution in [1.29, 1.82) is 5.26 Å². The van der Waals surface area contributed by atoms with Gasteiger partial charge in [0, 0.05) is 26.2 Å². The molecule has 1 aliphatic rings. The van der Waals surface area contributed by atoms with Crippen LogP contribution in [0.1, 0.15) is 19.0 Å². The summed E-state index contributed by atoms with van der Waals surface area (Å²) >= 11 is 0. The Morgan fingerprint density at radius 2 is 2.14 bits per heavy atom. The average Bonchev–Trinajstić information content (AvgIpc) is 3.17. The molecule has 21 heavy (non-hydrogen) atoms. The van der Waals surface area contributed by atoms with Crippen molar-refractivity contribution in [1.82, 2.24) is 9.88 Å². The number of oxazole rings is 1. The van der Waals surface area contributed by atoms with Crippen molar-refractivity contribution >= 4 is 5.88 Å². The Hall–Kier alpha value is -2.26. The molecule has 0 bridgehead atoms. The van der Waals surface area contributed by atoms with Crippen LogP contribution < -0.4 is 4.90 Å². The van der Waals surface area contributed by atoms with Crippen molar-refractivity contribution in [2.45, 2.75) is 13.3 Å². The lowest BCUT2D eigenvalue weighted by Crippen LogP contribution is -2.46. The minimum Gasteiger partial charge on any atom is -0.459 e. The Balaban J connectivity index is 1.78. The zero-order valence-corrected chi connectivity index (χ0v) is 12.1. The van der Waals surface area contributed by atoms with Crippen LogP contribution in [0, 0.1) is 11.3 Å². The fourth-order valence-corrected chi connectivity index (χ4v) is 2.60. The molecule has 1 saturated heterocycles. The van der Waals surface area contributed by atoms with Crippen molar-refractivity contribution in [3.05, 3.63) is 24.1 Å². The van der Waals surface area contributed by atoms with Gasteiger partial charge in [-0.05, 0) is 25.1 Å². The summed E-state index contributed by atoms with van der Waals surface area (Å²) in [6.07, 6.45) is 2.73. The van der Waals surface area contributed by atoms with Gasteiger partial charge in [0.05, 0.1) is 6.26 Å². The molecule has 0 amide bonds. The van der Waals surface area contributed by atoms with Gasteiger partial charge in [-0.2, -0.15) is 10.2 Å². The molecule has 3 rings (SSSR count). The second-order valence-corrected chi connectivity index (χ2v) is 5.09. The number of piperazine rings is 1. The van der Waals surface area contributed by atoms with Gasteiger partial charge in [0.2, 0.25) is 11.6 Å². The van der Waals surface area contributed by atoms with E-state index in [0.29, 0.717) is 23.2 Å². The first-order chi connectivity index (χ1) is 10.3. The number of anilines is 1. The quantitative estimate of drug-likeness (QED) is 0.859. The van der Waals surface area contributed by atoms with Gasteiger partial charge in [0.15, 0.2) is 5.76 Å². The Morgan fingerprint density at radius 3 is 2.76 bits per heavy atom. The number of hydrogen-bond donors (Lipinski definition) is 0. The molecule has 2 aromatic heterocycles. The number of nitrogens with zero attached hydrogens (tertiary/aromatic N) is 4. The molecular formula is C15H18N4O2. The molecule has 6 nitrogen and oxygen atoms in total. The maximum atomic E-state index is 9.26. The van der Waals surface area contributed by atoms with E-state index in [2.05, 4.69) is 27.8 Å². The maximum Gasteiger partial charge on any atom is 0.266 e. The molecule has 110 valence electrons. The molecule has 1 fully saturated rings. The normalized spacial score (nSPS) is 16.1. The molecule has 1 aliphatic heterocycles. The third-order valence-corrected chi connectivity index (χ3v) is 3.65. The van der Waals surface area contributed by atoms with Gasteiger partial charge in [0.1, 0.15) is 6.07 Å². The second kappa shape index (κ2) is 6.02. The van der Waals surface area contributed by atoms with Gasteiger partial charge in [-0.1, -0.05) is 6.92 Å². The van der Waals surface area contributed by atoms with Crippen molar-refractivity contribution in [3.8, 4) is 17.7 Å². The molecule has 3 heterocycles. The molecule has 0 radical (unpaired) electrons. The molecule has 0 saturated carbocycles. The molecule has 0 aliphatic carbocycles. The topological polar surface area (TPSA) is 69.4 Å². The maximum absolute atomic E-state index is 9.26. The molecule has 0 aromatic carbocycles. The summed E-state index contributed by atoms with van der Waals surface area (Å²) in [5.41, 5.74) is 0.324. The first-order valence-corrected chi connectivity index (χ1v) is 7.24. The smallest absolute Gasteiger partial charge is 0.266 e. The van der Waals surface area contributed by atoms with Crippen LogP contribution in [0.3, 0.4) is 0 Å². The second-order valence-electron chi connectivity index (χ2n) is 5.09. The van der Waals surface area contributed by atoms with Crippen molar-refractivity contribution in [2.24, 2.45) is 0 Å². The van der Waals surface area contributed by atoms with Crippen molar-refractivity contribution in [3.63, 3.8) is 0 Å². The summed E-state index contributed by atoms with van der Waals surface area (Å²) in [5.74, 6) is 1.46. The highest BCUT2D eigenvalue weighted by atomic mass is 16.4. The highest BCUT2D eigenvalue weighted by Gasteiger charge is 2.24. The Morgan fingerprint density at radius 1 is 1.33 bits per heavy atom. The van der Waals surface area contributed by atoms with Gasteiger partial charge in [-0.15, -0.1) is 0 Å². The fourth-order valence-electron chi connectivity index (χ4n) is 2.60. The third kappa shape index (κ3) is 2.78. The highest BCUT2D eigenvalue weighted by molar-refractivity contribution is 5.55. The van der Waals surface area contributed by atoms with E-state index in [1.165, 1.54) is 0 Å². The van der Waals surface area contributed by atoms with Gasteiger partial charge >= 0.3 is 0 Å². The molecule has 2 aromatic rings. The lowest BCUT2D eigenvalue weighted by atomic mass is 10.3. The van der Waals surface area contributed by atoms with Gasteiger partial charge < -0.3 is 13.7 Å². The van der Waals surface area contributed by atoms with Crippen LogP contribution >= 0.6 is 0 Å². The lowest BCUT2D eigenvalue weighted by Gasteiger charge is -2.34. The molecule has 0 atom stereocenters. The van der Waals surface area contributed by atoms with Crippen LogP contribution in [0.25, 0.3) is 11.7 Å². The number of furan rings is 1. The SMILES string of the molecule is CCCN1CCN(c2oc(-c3ccco3)nc2C#N)CC1. The standard InChI is InChI=1S/C15H18N4O2/c1-2-5-18-6-8-19(9-7-18)15-12(11-16)17-14(21-15)13-4-3-10-20-13/h3-4,10H,2,5-9H2,1H3. The van der Waals surface area contributed by atoms with Crippen LogP contribution in [0.4, 0.5) is 5.88 Å². The summed E-state index contributed by atoms with van der Waals surface area (Å²) in [4.78, 5) is 8.74. The van der Waals surface area contributed by atoms with Gasteiger partial charge in [-0.3, -0.25) is 4.90 Å². The van der Waals surface area contributed by atoms with E-state index < -0.39 is 0 Å². The largest absolute Gasteiger partial charge is 0.459 e. The predicted molar refractivity (Wildman–Crippen MR) is 77.9 cm³/mol. The average molecular weight is 286 g/mol. The summed E-state index contributed by atoms with van der Waals surface area (Å²) in [6.45, 7) is 6.97. The monoisotopic (exact) mass is 286 g/mol. The van der Waals surface area contributed by atoms with E-state index >= 15 is 0 Å². The molecule has 0 N–H and O–H groups in total. The Labute approximate surface area is 123 Å². The van der Waals surface area contributed by atoms with E-state index in [-0.39, 0.29) is 0 Å². The first-order valence-electron chi connectivity index (χ1n) is 7.24. The molecule has 0 unspecified atom stereocenters. The van der Waals surface area contributed by atoms with E-state index in [1.54, 1.807) is 18.4 Å². The Kier molecular flexibility index (Phi) is 3.93. The molecule has 6 heteroatoms. The number of hydrogen-bond acceptors (Lipinski definition) is 6. The zero-order chi connectivity index (χ0) is 14.7. The predicted octanol–water partition coefficient (Wildman–Crippen LogP) is 2.34. The summed E-state index contributed by atoms with van der Waals surface area (Å²) in [6, 6.07) is 5.66. The van der Waals surface area contributed by atoms with Crippen LogP contribution in [0.5, 0.6) is 0 Å². The number of rotatable bonds is 4. The zero-order valence-electron chi connectivity index (χ0n) is 12.1. The molecule has 0 spiro atoms. The summed E-state index contributed by atoms with van der Waals surface area (Å²) in [7, 11) is 0. The molecular weight excluding hydrogens is 268 g/mol. The van der Waals surface area contributed by atoms with E-state index in [4.69, 9.17) is 8.83 Å². The van der Waals surface area contributed by atoms with E-state index in [9.17, 15) is 5.26 Å². The minimum atomic E-state index is 0.324. The van der Waals surface area contributed by atoms with Crippen LogP contribution in [0.2, 0.25) is 0 Å². The van der Waals surface area contributed by atoms with Crippen LogP contribution in [0.15, 0.2) is 27.2 Å². The summed E-state index contributed by atoms with van der Waals surface area (Å²) < 4.78 is 11.0. The van der Waals surface area contributed by atoms with Crippen LogP contribution in [-0.2, 0) is 0 Å².